The molecule has 2 aliphatic rings. The maximum absolute atomic E-state index is 13.6. The maximum atomic E-state index is 13.6. The molecule has 0 saturated carbocycles. The van der Waals surface area contributed by atoms with Crippen LogP contribution in [0.2, 0.25) is 0 Å². The quantitative estimate of drug-likeness (QED) is 0.140. The van der Waals surface area contributed by atoms with Crippen molar-refractivity contribution in [2.75, 3.05) is 6.61 Å². The molecule has 0 spiro atoms. The number of benzene rings is 2. The number of phenols is 4. The molecule has 10 N–H and O–H groups in total. The molecule has 0 radical (unpaired) electrons. The van der Waals surface area contributed by atoms with Gasteiger partial charge in [0.25, 0.3) is 0 Å². The lowest BCUT2D eigenvalue weighted by Gasteiger charge is -2.42. The first-order valence-corrected chi connectivity index (χ1v) is 13.0. The average molecular weight is 611 g/mol. The van der Waals surface area contributed by atoms with Gasteiger partial charge in [-0.05, 0) is 25.1 Å². The lowest BCUT2D eigenvalue weighted by Crippen LogP contribution is -2.61. The molecule has 2 aromatic carbocycles. The van der Waals surface area contributed by atoms with Crippen LogP contribution in [0.25, 0.3) is 22.3 Å². The predicted molar refractivity (Wildman–Crippen MR) is 140 cm³/mol. The Morgan fingerprint density at radius 3 is 2.12 bits per heavy atom. The summed E-state index contributed by atoms with van der Waals surface area (Å²) >= 11 is 0. The summed E-state index contributed by atoms with van der Waals surface area (Å²) in [4.78, 5) is 13.6. The van der Waals surface area contributed by atoms with Crippen molar-refractivity contribution < 1.29 is 74.4 Å². The Morgan fingerprint density at radius 2 is 1.42 bits per heavy atom. The molecule has 0 amide bonds. The molecule has 16 nitrogen and oxygen atoms in total. The third-order valence-electron chi connectivity index (χ3n) is 7.29. The van der Waals surface area contributed by atoms with Crippen LogP contribution in [0.1, 0.15) is 6.92 Å². The normalized spacial score (nSPS) is 33.0. The summed E-state index contributed by atoms with van der Waals surface area (Å²) in [6.45, 7) is 0.818. The van der Waals surface area contributed by atoms with Crippen LogP contribution in [-0.2, 0) is 14.2 Å². The first-order chi connectivity index (χ1) is 20.3. The molecule has 2 saturated heterocycles. The Labute approximate surface area is 241 Å². The van der Waals surface area contributed by atoms with E-state index in [9.17, 15) is 55.9 Å². The molecule has 0 bridgehead atoms. The molecule has 10 atom stereocenters. The smallest absolute Gasteiger partial charge is 0.239 e. The number of aromatic hydroxyl groups is 4. The van der Waals surface area contributed by atoms with E-state index >= 15 is 0 Å². The molecular weight excluding hydrogens is 580 g/mol. The monoisotopic (exact) mass is 610 g/mol. The topological polar surface area (TPSA) is 269 Å². The van der Waals surface area contributed by atoms with Gasteiger partial charge < -0.3 is 74.4 Å². The lowest BCUT2D eigenvalue weighted by atomic mass is 9.98. The number of fused-ring (bicyclic) bond motifs is 1. The first-order valence-electron chi connectivity index (χ1n) is 13.0. The number of ether oxygens (including phenoxy) is 4. The third-order valence-corrected chi connectivity index (χ3v) is 7.29. The fourth-order valence-corrected chi connectivity index (χ4v) is 4.84. The van der Waals surface area contributed by atoms with Crippen molar-refractivity contribution in [2.24, 2.45) is 0 Å². The van der Waals surface area contributed by atoms with Crippen molar-refractivity contribution in [3.63, 3.8) is 0 Å². The Kier molecular flexibility index (Phi) is 8.41. The molecule has 16 heteroatoms. The second-order valence-corrected chi connectivity index (χ2v) is 10.3. The Hall–Kier alpha value is -3.71. The SMILES string of the molecule is C[C@H]1O[C@H](OC[C@@H]2O[C@@H](Oc3c(-c4ccc(O)c(O)c4)oc4cc(O)cc(O)c4c3=O)[C@H](O)[C@@H](O)[C@@H]2O)[C@H](O)[C@H](O)[C@H]1O. The largest absolute Gasteiger partial charge is 0.508 e. The van der Waals surface area contributed by atoms with Crippen LogP contribution >= 0.6 is 0 Å². The summed E-state index contributed by atoms with van der Waals surface area (Å²) in [7, 11) is 0. The van der Waals surface area contributed by atoms with Crippen LogP contribution in [-0.4, -0.2) is 119 Å². The number of aliphatic hydroxyl groups is 6. The highest BCUT2D eigenvalue weighted by Crippen LogP contribution is 2.39. The van der Waals surface area contributed by atoms with E-state index in [0.29, 0.717) is 0 Å². The fourth-order valence-electron chi connectivity index (χ4n) is 4.84. The van der Waals surface area contributed by atoms with Gasteiger partial charge in [0.2, 0.25) is 17.5 Å². The van der Waals surface area contributed by atoms with Gasteiger partial charge in [0.15, 0.2) is 23.5 Å². The molecule has 3 heterocycles. The Morgan fingerprint density at radius 1 is 0.744 bits per heavy atom. The van der Waals surface area contributed by atoms with Gasteiger partial charge in [-0.2, -0.15) is 0 Å². The van der Waals surface area contributed by atoms with E-state index in [-0.39, 0.29) is 11.1 Å². The molecule has 3 aromatic rings. The third kappa shape index (κ3) is 5.67. The highest BCUT2D eigenvalue weighted by Gasteiger charge is 2.47. The van der Waals surface area contributed by atoms with Gasteiger partial charge in [-0.25, -0.2) is 0 Å². The molecule has 5 rings (SSSR count). The molecule has 2 aliphatic heterocycles. The van der Waals surface area contributed by atoms with E-state index in [0.717, 1.165) is 24.3 Å². The second-order valence-electron chi connectivity index (χ2n) is 10.3. The molecule has 234 valence electrons. The van der Waals surface area contributed by atoms with Gasteiger partial charge in [0.05, 0.1) is 12.7 Å². The van der Waals surface area contributed by atoms with Crippen molar-refractivity contribution in [3.8, 4) is 40.1 Å². The van der Waals surface area contributed by atoms with E-state index in [1.165, 1.54) is 13.0 Å². The zero-order valence-corrected chi connectivity index (χ0v) is 22.3. The molecule has 1 aromatic heterocycles. The Balaban J connectivity index is 1.48. The summed E-state index contributed by atoms with van der Waals surface area (Å²) in [5, 5.41) is 101. The van der Waals surface area contributed by atoms with E-state index in [4.69, 9.17) is 23.4 Å². The van der Waals surface area contributed by atoms with Crippen molar-refractivity contribution in [2.45, 2.75) is 68.3 Å². The molecule has 43 heavy (non-hydrogen) atoms. The Bertz CT molecular complexity index is 1540. The summed E-state index contributed by atoms with van der Waals surface area (Å²) in [5.41, 5.74) is -1.35. The van der Waals surface area contributed by atoms with Crippen LogP contribution < -0.4 is 10.2 Å². The molecule has 2 fully saturated rings. The number of phenolic OH excluding ortho intramolecular Hbond substituents is 4. The maximum Gasteiger partial charge on any atom is 0.239 e. The minimum atomic E-state index is -1.97. The number of aliphatic hydroxyl groups excluding tert-OH is 6. The highest BCUT2D eigenvalue weighted by molar-refractivity contribution is 5.88. The zero-order valence-electron chi connectivity index (χ0n) is 22.3. The van der Waals surface area contributed by atoms with Crippen LogP contribution in [0.4, 0.5) is 0 Å². The van der Waals surface area contributed by atoms with Gasteiger partial charge in [-0.15, -0.1) is 0 Å². The summed E-state index contributed by atoms with van der Waals surface area (Å²) in [6, 6.07) is 5.24. The van der Waals surface area contributed by atoms with Gasteiger partial charge in [-0.3, -0.25) is 4.79 Å². The predicted octanol–water partition coefficient (Wildman–Crippen LogP) is -1.69. The number of rotatable bonds is 6. The van der Waals surface area contributed by atoms with Crippen LogP contribution in [0, 0.1) is 0 Å². The first kappa shape index (κ1) is 30.7. The average Bonchev–Trinajstić information content (AvgIpc) is 2.96. The fraction of sp³-hybridized carbons (Fsp3) is 0.444. The van der Waals surface area contributed by atoms with E-state index in [1.54, 1.807) is 0 Å². The molecule has 0 unspecified atom stereocenters. The lowest BCUT2D eigenvalue weighted by molar-refractivity contribution is -0.318. The van der Waals surface area contributed by atoms with E-state index in [1.807, 2.05) is 0 Å². The minimum Gasteiger partial charge on any atom is -0.508 e. The molecule has 0 aliphatic carbocycles. The molecular formula is C27H30O16. The van der Waals surface area contributed by atoms with Gasteiger partial charge in [0, 0.05) is 17.7 Å². The minimum absolute atomic E-state index is 0.0313. The zero-order chi connectivity index (χ0) is 31.3. The van der Waals surface area contributed by atoms with Crippen LogP contribution in [0.15, 0.2) is 39.5 Å². The summed E-state index contributed by atoms with van der Waals surface area (Å²) in [5.74, 6) is -3.33. The van der Waals surface area contributed by atoms with Gasteiger partial charge in [0.1, 0.15) is 65.2 Å². The van der Waals surface area contributed by atoms with Crippen LogP contribution in [0.3, 0.4) is 0 Å². The summed E-state index contributed by atoms with van der Waals surface area (Å²) in [6.07, 6.45) is -16.2. The number of hydrogen-bond donors (Lipinski definition) is 10. The van der Waals surface area contributed by atoms with Crippen LogP contribution in [0.5, 0.6) is 28.7 Å². The second kappa shape index (κ2) is 11.8. The summed E-state index contributed by atoms with van der Waals surface area (Å²) < 4.78 is 27.8. The van der Waals surface area contributed by atoms with Crippen molar-refractivity contribution in [1.29, 1.82) is 0 Å². The highest BCUT2D eigenvalue weighted by atomic mass is 16.7. The van der Waals surface area contributed by atoms with Crippen molar-refractivity contribution >= 4 is 11.0 Å². The van der Waals surface area contributed by atoms with E-state index < -0.39 is 113 Å². The van der Waals surface area contributed by atoms with Crippen molar-refractivity contribution in [3.05, 3.63) is 40.6 Å². The van der Waals surface area contributed by atoms with Gasteiger partial charge in [-0.1, -0.05) is 0 Å². The van der Waals surface area contributed by atoms with Crippen molar-refractivity contribution in [1.82, 2.24) is 0 Å². The van der Waals surface area contributed by atoms with E-state index in [2.05, 4.69) is 0 Å². The standard InChI is InChI=1S/C27H30O16/c1-8-17(32)20(35)22(37)26(40-8)39-7-15-18(33)21(36)23(38)27(42-15)43-25-19(34)16-13(31)5-10(28)6-14(16)41-24(25)9-2-3-11(29)12(30)4-9/h2-6,8,15,17-18,20-23,26-33,35-38H,7H2,1H3/t8-,15+,17+,18-,20-,21+,22-,23-,26+,27+/m1/s1. The number of hydrogen-bond acceptors (Lipinski definition) is 16. The van der Waals surface area contributed by atoms with Gasteiger partial charge >= 0.3 is 0 Å².